The molecular weight excluding hydrogens is 406 g/mol. The van der Waals surface area contributed by atoms with Crippen LogP contribution in [0.3, 0.4) is 0 Å². The molecule has 8 heteroatoms. The Morgan fingerprint density at radius 1 is 1.00 bits per heavy atom. The van der Waals surface area contributed by atoms with E-state index < -0.39 is 0 Å². The summed E-state index contributed by atoms with van der Waals surface area (Å²) in [5.41, 5.74) is 2.43. The second kappa shape index (κ2) is 9.64. The summed E-state index contributed by atoms with van der Waals surface area (Å²) in [4.78, 5) is 33.6. The minimum Gasteiger partial charge on any atom is -0.497 e. The van der Waals surface area contributed by atoms with Crippen molar-refractivity contribution in [1.82, 2.24) is 24.6 Å². The predicted molar refractivity (Wildman–Crippen MR) is 120 cm³/mol. The number of hydrogen-bond acceptors (Lipinski definition) is 5. The summed E-state index contributed by atoms with van der Waals surface area (Å²) in [6, 6.07) is 13.4. The van der Waals surface area contributed by atoms with Crippen LogP contribution in [-0.4, -0.2) is 69.7 Å². The highest BCUT2D eigenvalue weighted by atomic mass is 16.5. The lowest BCUT2D eigenvalue weighted by atomic mass is 10.1. The molecule has 0 unspecified atom stereocenters. The van der Waals surface area contributed by atoms with Crippen molar-refractivity contribution >= 4 is 11.8 Å². The first-order valence-corrected chi connectivity index (χ1v) is 10.7. The van der Waals surface area contributed by atoms with Crippen molar-refractivity contribution in [3.05, 3.63) is 71.7 Å². The van der Waals surface area contributed by atoms with Gasteiger partial charge in [-0.15, -0.1) is 0 Å². The molecule has 1 aliphatic rings. The van der Waals surface area contributed by atoms with Gasteiger partial charge in [-0.2, -0.15) is 5.10 Å². The lowest BCUT2D eigenvalue weighted by Crippen LogP contribution is -2.50. The fraction of sp³-hybridized carbons (Fsp3) is 0.333. The summed E-state index contributed by atoms with van der Waals surface area (Å²) in [7, 11) is 1.64. The molecule has 32 heavy (non-hydrogen) atoms. The SMILES string of the molecule is COc1ccc(CCC(=O)N2CCN(C(=O)c3cnn(-c4ccccn4)c3C)CC2)cc1. The summed E-state index contributed by atoms with van der Waals surface area (Å²) < 4.78 is 6.84. The summed E-state index contributed by atoms with van der Waals surface area (Å²) in [6.07, 6.45) is 4.44. The summed E-state index contributed by atoms with van der Waals surface area (Å²) in [5.74, 6) is 1.54. The Morgan fingerprint density at radius 3 is 2.38 bits per heavy atom. The van der Waals surface area contributed by atoms with E-state index in [0.717, 1.165) is 17.0 Å². The van der Waals surface area contributed by atoms with Crippen LogP contribution in [0, 0.1) is 6.92 Å². The molecule has 3 heterocycles. The van der Waals surface area contributed by atoms with Crippen molar-refractivity contribution in [3.8, 4) is 11.6 Å². The number of aryl methyl sites for hydroxylation is 1. The first kappa shape index (κ1) is 21.5. The fourth-order valence-electron chi connectivity index (χ4n) is 3.86. The third-order valence-electron chi connectivity index (χ3n) is 5.81. The number of pyridine rings is 1. The molecule has 3 aromatic rings. The number of hydrogen-bond donors (Lipinski definition) is 0. The van der Waals surface area contributed by atoms with E-state index >= 15 is 0 Å². The third-order valence-corrected chi connectivity index (χ3v) is 5.81. The molecule has 1 aliphatic heterocycles. The van der Waals surface area contributed by atoms with Crippen LogP contribution in [0.15, 0.2) is 54.9 Å². The second-order valence-electron chi connectivity index (χ2n) is 7.76. The first-order chi connectivity index (χ1) is 15.6. The highest BCUT2D eigenvalue weighted by molar-refractivity contribution is 5.95. The molecule has 4 rings (SSSR count). The Labute approximate surface area is 187 Å². The van der Waals surface area contributed by atoms with Crippen molar-refractivity contribution < 1.29 is 14.3 Å². The molecule has 0 saturated carbocycles. The average molecular weight is 434 g/mol. The number of aromatic nitrogens is 3. The maximum absolute atomic E-state index is 13.0. The zero-order chi connectivity index (χ0) is 22.5. The highest BCUT2D eigenvalue weighted by Crippen LogP contribution is 2.17. The Kier molecular flexibility index (Phi) is 6.49. The van der Waals surface area contributed by atoms with E-state index in [1.165, 1.54) is 0 Å². The number of carbonyl (C=O) groups excluding carboxylic acids is 2. The smallest absolute Gasteiger partial charge is 0.257 e. The number of carbonyl (C=O) groups is 2. The van der Waals surface area contributed by atoms with E-state index in [4.69, 9.17) is 4.74 Å². The number of rotatable bonds is 6. The van der Waals surface area contributed by atoms with E-state index in [1.807, 2.05) is 54.3 Å². The second-order valence-corrected chi connectivity index (χ2v) is 7.76. The monoisotopic (exact) mass is 433 g/mol. The normalized spacial score (nSPS) is 13.8. The lowest BCUT2D eigenvalue weighted by molar-refractivity contribution is -0.132. The number of benzene rings is 1. The molecule has 0 radical (unpaired) electrons. The fourth-order valence-corrected chi connectivity index (χ4v) is 3.86. The van der Waals surface area contributed by atoms with Crippen molar-refractivity contribution in [1.29, 1.82) is 0 Å². The van der Waals surface area contributed by atoms with Gasteiger partial charge >= 0.3 is 0 Å². The molecular formula is C24H27N5O3. The van der Waals surface area contributed by atoms with Crippen LogP contribution in [0.4, 0.5) is 0 Å². The number of nitrogens with zero attached hydrogens (tertiary/aromatic N) is 5. The van der Waals surface area contributed by atoms with Crippen LogP contribution in [0.25, 0.3) is 5.82 Å². The number of amides is 2. The topological polar surface area (TPSA) is 80.6 Å². The minimum atomic E-state index is -0.0602. The van der Waals surface area contributed by atoms with Gasteiger partial charge in [-0.3, -0.25) is 9.59 Å². The van der Waals surface area contributed by atoms with Crippen LogP contribution >= 0.6 is 0 Å². The molecule has 0 atom stereocenters. The molecule has 166 valence electrons. The minimum absolute atomic E-state index is 0.0602. The number of methoxy groups -OCH3 is 1. The van der Waals surface area contributed by atoms with Crippen molar-refractivity contribution in [2.75, 3.05) is 33.3 Å². The van der Waals surface area contributed by atoms with Gasteiger partial charge in [0.2, 0.25) is 5.91 Å². The van der Waals surface area contributed by atoms with Gasteiger partial charge in [-0.05, 0) is 43.2 Å². The van der Waals surface area contributed by atoms with Gasteiger partial charge in [0.25, 0.3) is 5.91 Å². The molecule has 1 aromatic carbocycles. The average Bonchev–Trinajstić information content (AvgIpc) is 3.24. The standard InChI is InChI=1S/C24H27N5O3/c1-18-21(17-26-29(18)22-5-3-4-12-25-22)24(31)28-15-13-27(14-16-28)23(30)11-8-19-6-9-20(32-2)10-7-19/h3-7,9-10,12,17H,8,11,13-16H2,1-2H3. The largest absolute Gasteiger partial charge is 0.497 e. The lowest BCUT2D eigenvalue weighted by Gasteiger charge is -2.34. The summed E-state index contributed by atoms with van der Waals surface area (Å²) >= 11 is 0. The summed E-state index contributed by atoms with van der Waals surface area (Å²) in [6.45, 7) is 3.98. The van der Waals surface area contributed by atoms with Gasteiger partial charge in [-0.25, -0.2) is 9.67 Å². The Bertz CT molecular complexity index is 1070. The number of ether oxygens (including phenoxy) is 1. The van der Waals surface area contributed by atoms with Gasteiger partial charge in [0.05, 0.1) is 24.6 Å². The van der Waals surface area contributed by atoms with E-state index in [0.29, 0.717) is 50.4 Å². The Hall–Kier alpha value is -3.68. The van der Waals surface area contributed by atoms with E-state index in [-0.39, 0.29) is 11.8 Å². The van der Waals surface area contributed by atoms with Crippen molar-refractivity contribution in [2.45, 2.75) is 19.8 Å². The Morgan fingerprint density at radius 2 is 1.72 bits per heavy atom. The quantitative estimate of drug-likeness (QED) is 0.597. The Balaban J connectivity index is 1.31. The van der Waals surface area contributed by atoms with Gasteiger partial charge < -0.3 is 14.5 Å². The van der Waals surface area contributed by atoms with Crippen LogP contribution in [0.5, 0.6) is 5.75 Å². The van der Waals surface area contributed by atoms with Gasteiger partial charge in [0, 0.05) is 38.8 Å². The van der Waals surface area contributed by atoms with Crippen LogP contribution < -0.4 is 4.74 Å². The molecule has 0 spiro atoms. The van der Waals surface area contributed by atoms with Crippen molar-refractivity contribution in [2.24, 2.45) is 0 Å². The zero-order valence-corrected chi connectivity index (χ0v) is 18.4. The predicted octanol–water partition coefficient (Wildman–Crippen LogP) is 2.50. The van der Waals surface area contributed by atoms with Crippen LogP contribution in [0.1, 0.15) is 28.0 Å². The summed E-state index contributed by atoms with van der Waals surface area (Å²) in [5, 5.41) is 4.34. The molecule has 0 N–H and O–H groups in total. The molecule has 1 saturated heterocycles. The molecule has 2 aromatic heterocycles. The molecule has 8 nitrogen and oxygen atoms in total. The van der Waals surface area contributed by atoms with E-state index in [1.54, 1.807) is 29.1 Å². The van der Waals surface area contributed by atoms with Crippen LogP contribution in [0.2, 0.25) is 0 Å². The van der Waals surface area contributed by atoms with E-state index in [9.17, 15) is 9.59 Å². The number of piperazine rings is 1. The molecule has 1 fully saturated rings. The van der Waals surface area contributed by atoms with Gasteiger partial charge in [0.15, 0.2) is 5.82 Å². The van der Waals surface area contributed by atoms with Crippen molar-refractivity contribution in [3.63, 3.8) is 0 Å². The molecule has 2 amide bonds. The maximum atomic E-state index is 13.0. The third kappa shape index (κ3) is 4.64. The zero-order valence-electron chi connectivity index (χ0n) is 18.4. The molecule has 0 bridgehead atoms. The van der Waals surface area contributed by atoms with Gasteiger partial charge in [0.1, 0.15) is 5.75 Å². The van der Waals surface area contributed by atoms with Crippen LogP contribution in [-0.2, 0) is 11.2 Å². The molecule has 0 aliphatic carbocycles. The maximum Gasteiger partial charge on any atom is 0.257 e. The van der Waals surface area contributed by atoms with Gasteiger partial charge in [-0.1, -0.05) is 18.2 Å². The first-order valence-electron chi connectivity index (χ1n) is 10.7. The highest BCUT2D eigenvalue weighted by Gasteiger charge is 2.27. The van der Waals surface area contributed by atoms with E-state index in [2.05, 4.69) is 10.1 Å².